The molecule has 4 nitrogen and oxygen atoms in total. The summed E-state index contributed by atoms with van der Waals surface area (Å²) in [5.74, 6) is -1.76. The molecule has 0 fully saturated rings. The van der Waals surface area contributed by atoms with Gasteiger partial charge in [-0.05, 0) is 29.5 Å². The molecule has 0 amide bonds. The summed E-state index contributed by atoms with van der Waals surface area (Å²) in [6.45, 7) is 0. The summed E-state index contributed by atoms with van der Waals surface area (Å²) < 4.78 is 26.1. The van der Waals surface area contributed by atoms with Crippen molar-refractivity contribution in [3.05, 3.63) is 83.8 Å². The maximum Gasteiger partial charge on any atom is 0.354 e. The molecule has 8 heteroatoms. The van der Waals surface area contributed by atoms with Gasteiger partial charge in [0.05, 0.1) is 0 Å². The Morgan fingerprint density at radius 2 is 1.92 bits per heavy atom. The van der Waals surface area contributed by atoms with E-state index >= 15 is 0 Å². The van der Waals surface area contributed by atoms with E-state index in [0.29, 0.717) is 11.4 Å². The number of carbonyl (C=O) groups is 1. The van der Waals surface area contributed by atoms with E-state index in [-0.39, 0.29) is 32.3 Å². The minimum atomic E-state index is -0.990. The van der Waals surface area contributed by atoms with Gasteiger partial charge in [0, 0.05) is 50.8 Å². The van der Waals surface area contributed by atoms with Crippen molar-refractivity contribution in [2.45, 2.75) is 5.75 Å². The second-order valence-electron chi connectivity index (χ2n) is 4.77. The molecular formula is C18H13F2N2O2PtS-. The molecule has 3 rings (SSSR count). The molecule has 0 atom stereocenters. The first-order valence-electron chi connectivity index (χ1n) is 7.08. The third kappa shape index (κ3) is 6.32. The number of pyridine rings is 2. The van der Waals surface area contributed by atoms with Gasteiger partial charge < -0.3 is 10.1 Å². The molecule has 3 aromatic rings. The smallest absolute Gasteiger partial charge is 0.354 e. The van der Waals surface area contributed by atoms with Gasteiger partial charge in [0.2, 0.25) is 0 Å². The van der Waals surface area contributed by atoms with E-state index in [1.165, 1.54) is 12.3 Å². The van der Waals surface area contributed by atoms with Crippen LogP contribution in [0.15, 0.2) is 54.9 Å². The van der Waals surface area contributed by atoms with Crippen LogP contribution in [0, 0.1) is 17.7 Å². The number of nitrogens with zero attached hydrogens (tertiary/aromatic N) is 2. The zero-order chi connectivity index (χ0) is 18.2. The van der Waals surface area contributed by atoms with Crippen LogP contribution in [0.3, 0.4) is 0 Å². The molecular weight excluding hydrogens is 541 g/mol. The van der Waals surface area contributed by atoms with E-state index in [2.05, 4.69) is 28.7 Å². The van der Waals surface area contributed by atoms with Crippen molar-refractivity contribution >= 4 is 18.6 Å². The predicted octanol–water partition coefficient (Wildman–Crippen LogP) is 4.03. The minimum absolute atomic E-state index is 0. The summed E-state index contributed by atoms with van der Waals surface area (Å²) in [5, 5.41) is 8.32. The van der Waals surface area contributed by atoms with Crippen molar-refractivity contribution in [1.29, 1.82) is 0 Å². The van der Waals surface area contributed by atoms with Gasteiger partial charge in [-0.25, -0.2) is 9.78 Å². The molecule has 138 valence electrons. The van der Waals surface area contributed by atoms with Crippen molar-refractivity contribution < 1.29 is 39.7 Å². The van der Waals surface area contributed by atoms with Gasteiger partial charge in [-0.1, -0.05) is 23.8 Å². The van der Waals surface area contributed by atoms with Crippen LogP contribution in [0.25, 0.3) is 11.3 Å². The van der Waals surface area contributed by atoms with Crippen LogP contribution in [-0.2, 0) is 26.8 Å². The van der Waals surface area contributed by atoms with Crippen LogP contribution < -0.4 is 0 Å². The first kappa shape index (κ1) is 21.9. The fourth-order valence-corrected chi connectivity index (χ4v) is 2.04. The average Bonchev–Trinajstić information content (AvgIpc) is 2.63. The Hall–Kier alpha value is -2.11. The predicted molar refractivity (Wildman–Crippen MR) is 92.3 cm³/mol. The van der Waals surface area contributed by atoms with Crippen molar-refractivity contribution in [1.82, 2.24) is 9.97 Å². The summed E-state index contributed by atoms with van der Waals surface area (Å²) in [5.41, 5.74) is 1.61. The number of thiol groups is 1. The summed E-state index contributed by atoms with van der Waals surface area (Å²) in [6, 6.07) is 12.7. The monoisotopic (exact) mass is 554 g/mol. The van der Waals surface area contributed by atoms with Crippen LogP contribution >= 0.6 is 12.6 Å². The normalized spacial score (nSPS) is 9.50. The molecule has 26 heavy (non-hydrogen) atoms. The molecule has 0 aliphatic rings. The second kappa shape index (κ2) is 10.8. The van der Waals surface area contributed by atoms with E-state index in [9.17, 15) is 13.6 Å². The fraction of sp³-hybridized carbons (Fsp3) is 0.0556. The number of hydrogen-bond acceptors (Lipinski definition) is 4. The quantitative estimate of drug-likeness (QED) is 0.379. The number of halogens is 2. The Kier molecular flexibility index (Phi) is 9.10. The van der Waals surface area contributed by atoms with Gasteiger partial charge in [0.1, 0.15) is 5.69 Å². The number of aromatic nitrogens is 2. The Bertz CT molecular complexity index is 867. The number of rotatable bonds is 3. The van der Waals surface area contributed by atoms with E-state index < -0.39 is 17.6 Å². The molecule has 0 saturated carbocycles. The van der Waals surface area contributed by atoms with E-state index in [1.54, 1.807) is 30.5 Å². The molecule has 0 bridgehead atoms. The van der Waals surface area contributed by atoms with Crippen LogP contribution in [0.4, 0.5) is 8.78 Å². The van der Waals surface area contributed by atoms with Gasteiger partial charge in [0.25, 0.3) is 0 Å². The molecule has 0 spiro atoms. The van der Waals surface area contributed by atoms with Gasteiger partial charge in [-0.2, -0.15) is 12.6 Å². The van der Waals surface area contributed by atoms with Crippen molar-refractivity contribution in [3.63, 3.8) is 0 Å². The number of carboxylic acid groups (broad SMARTS) is 1. The zero-order valence-electron chi connectivity index (χ0n) is 13.2. The van der Waals surface area contributed by atoms with Crippen LogP contribution in [-0.4, -0.2) is 21.0 Å². The first-order valence-corrected chi connectivity index (χ1v) is 7.71. The standard InChI is InChI=1S/C12H8F2NS.C6H5NO2.Pt/c13-9-1-2-10(11(14)6-9)12-5-8(7-16)3-4-15-12;8-6(9)5-3-1-2-4-7-5;/h1,3-6,16H,7H2;1-4H,(H,8,9);/q-1;;. The Balaban J connectivity index is 0.000000290. The SMILES string of the molecule is Fc1c[c-]c(-c2cc(CS)ccn2)c(F)c1.O=C(O)c1ccccn1.[Pt]. The fourth-order valence-electron chi connectivity index (χ4n) is 1.84. The Morgan fingerprint density at radius 3 is 2.46 bits per heavy atom. The molecule has 2 aromatic heterocycles. The molecule has 0 saturated heterocycles. The van der Waals surface area contributed by atoms with Crippen LogP contribution in [0.5, 0.6) is 0 Å². The number of hydrogen-bond donors (Lipinski definition) is 2. The van der Waals surface area contributed by atoms with Crippen molar-refractivity contribution in [2.24, 2.45) is 0 Å². The topological polar surface area (TPSA) is 63.1 Å². The summed E-state index contributed by atoms with van der Waals surface area (Å²) in [6.07, 6.45) is 3.01. The minimum Gasteiger partial charge on any atom is -0.477 e. The molecule has 1 N–H and O–H groups in total. The zero-order valence-corrected chi connectivity index (χ0v) is 16.3. The molecule has 2 heterocycles. The summed E-state index contributed by atoms with van der Waals surface area (Å²) >= 11 is 4.12. The van der Waals surface area contributed by atoms with Crippen molar-refractivity contribution in [2.75, 3.05) is 0 Å². The van der Waals surface area contributed by atoms with E-state index in [4.69, 9.17) is 5.11 Å². The molecule has 0 aliphatic carbocycles. The maximum atomic E-state index is 13.4. The molecule has 0 radical (unpaired) electrons. The third-order valence-corrected chi connectivity index (χ3v) is 3.37. The number of benzene rings is 1. The largest absolute Gasteiger partial charge is 0.477 e. The molecule has 0 unspecified atom stereocenters. The van der Waals surface area contributed by atoms with Crippen LogP contribution in [0.2, 0.25) is 0 Å². The number of carboxylic acids is 1. The Labute approximate surface area is 169 Å². The molecule has 1 aromatic carbocycles. The van der Waals surface area contributed by atoms with Crippen LogP contribution in [0.1, 0.15) is 16.1 Å². The average molecular weight is 554 g/mol. The van der Waals surface area contributed by atoms with Gasteiger partial charge in [-0.15, -0.1) is 12.1 Å². The van der Waals surface area contributed by atoms with Gasteiger partial charge in [0.15, 0.2) is 0 Å². The maximum absolute atomic E-state index is 13.4. The molecule has 0 aliphatic heterocycles. The summed E-state index contributed by atoms with van der Waals surface area (Å²) in [7, 11) is 0. The van der Waals surface area contributed by atoms with E-state index in [1.807, 2.05) is 0 Å². The van der Waals surface area contributed by atoms with Gasteiger partial charge in [-0.3, -0.25) is 8.78 Å². The van der Waals surface area contributed by atoms with E-state index in [0.717, 1.165) is 17.7 Å². The summed E-state index contributed by atoms with van der Waals surface area (Å²) in [4.78, 5) is 17.7. The number of aromatic carboxylic acids is 1. The first-order chi connectivity index (χ1) is 12.0. The Morgan fingerprint density at radius 1 is 1.15 bits per heavy atom. The third-order valence-electron chi connectivity index (χ3n) is 3.00. The van der Waals surface area contributed by atoms with Crippen molar-refractivity contribution in [3.8, 4) is 11.3 Å². The van der Waals surface area contributed by atoms with Gasteiger partial charge >= 0.3 is 5.97 Å². The second-order valence-corrected chi connectivity index (χ2v) is 5.08.